The van der Waals surface area contributed by atoms with E-state index in [4.69, 9.17) is 5.26 Å². The van der Waals surface area contributed by atoms with E-state index in [1.165, 1.54) is 10.6 Å². The Morgan fingerprint density at radius 1 is 1.45 bits per heavy atom. The molecule has 1 heterocycles. The first-order valence-corrected chi connectivity index (χ1v) is 6.72. The number of aromatic hydroxyl groups is 1. The van der Waals surface area contributed by atoms with Crippen LogP contribution in [0.5, 0.6) is 5.75 Å². The number of nitrogens with one attached hydrogen (secondary N) is 1. The van der Waals surface area contributed by atoms with Gasteiger partial charge in [-0.05, 0) is 12.1 Å². The van der Waals surface area contributed by atoms with Crippen LogP contribution in [0.3, 0.4) is 0 Å². The molecule has 0 radical (unpaired) electrons. The summed E-state index contributed by atoms with van der Waals surface area (Å²) in [6.07, 6.45) is 1.60. The van der Waals surface area contributed by atoms with Crippen LogP contribution in [0.25, 0.3) is 10.9 Å². The Hall–Kier alpha value is -3.07. The Morgan fingerprint density at radius 2 is 2.18 bits per heavy atom. The summed E-state index contributed by atoms with van der Waals surface area (Å²) in [4.78, 5) is 24.6. The third kappa shape index (κ3) is 2.69. The molecule has 112 valence electrons. The topological polar surface area (TPSA) is 95.1 Å². The van der Waals surface area contributed by atoms with Crippen molar-refractivity contribution in [2.45, 2.75) is 13.0 Å². The number of pyridine rings is 1. The number of hydrogen-bond donors (Lipinski definition) is 2. The molecule has 0 saturated carbocycles. The van der Waals surface area contributed by atoms with Crippen molar-refractivity contribution in [2.24, 2.45) is 0 Å². The molecule has 0 aliphatic carbocycles. The average Bonchev–Trinajstić information content (AvgIpc) is 2.53. The van der Waals surface area contributed by atoms with E-state index in [1.54, 1.807) is 24.3 Å². The first kappa shape index (κ1) is 15.3. The maximum atomic E-state index is 12.5. The van der Waals surface area contributed by atoms with Gasteiger partial charge in [-0.2, -0.15) is 5.26 Å². The lowest BCUT2D eigenvalue weighted by Crippen LogP contribution is -2.33. The van der Waals surface area contributed by atoms with Crippen LogP contribution in [0.1, 0.15) is 16.8 Å². The lowest BCUT2D eigenvalue weighted by atomic mass is 10.1. The monoisotopic (exact) mass is 297 g/mol. The van der Waals surface area contributed by atoms with Gasteiger partial charge in [-0.3, -0.25) is 9.59 Å². The molecule has 0 saturated heterocycles. The molecule has 1 amide bonds. The van der Waals surface area contributed by atoms with Crippen LogP contribution in [0, 0.1) is 11.3 Å². The van der Waals surface area contributed by atoms with Crippen molar-refractivity contribution in [2.75, 3.05) is 6.54 Å². The summed E-state index contributed by atoms with van der Waals surface area (Å²) in [5, 5.41) is 21.9. The summed E-state index contributed by atoms with van der Waals surface area (Å²) in [6.45, 7) is 3.82. The molecule has 6 heteroatoms. The highest BCUT2D eigenvalue weighted by Gasteiger charge is 2.21. The molecule has 0 aliphatic heterocycles. The van der Waals surface area contributed by atoms with Crippen molar-refractivity contribution >= 4 is 16.8 Å². The van der Waals surface area contributed by atoms with Gasteiger partial charge in [0, 0.05) is 18.5 Å². The lowest BCUT2D eigenvalue weighted by molar-refractivity contribution is 0.0953. The minimum absolute atomic E-state index is 0.127. The molecule has 22 heavy (non-hydrogen) atoms. The minimum Gasteiger partial charge on any atom is -0.506 e. The Bertz CT molecular complexity index is 831. The number of aryl methyl sites for hydroxylation is 1. The largest absolute Gasteiger partial charge is 0.506 e. The van der Waals surface area contributed by atoms with Gasteiger partial charge < -0.3 is 15.0 Å². The van der Waals surface area contributed by atoms with Crippen LogP contribution in [-0.2, 0) is 6.54 Å². The van der Waals surface area contributed by atoms with Crippen molar-refractivity contribution in [1.82, 2.24) is 9.88 Å². The van der Waals surface area contributed by atoms with Gasteiger partial charge in [0.2, 0.25) is 0 Å². The lowest BCUT2D eigenvalue weighted by Gasteiger charge is -2.13. The van der Waals surface area contributed by atoms with Crippen LogP contribution in [0.4, 0.5) is 0 Å². The molecule has 0 bridgehead atoms. The van der Waals surface area contributed by atoms with Crippen molar-refractivity contribution in [1.29, 1.82) is 5.26 Å². The zero-order chi connectivity index (χ0) is 16.1. The molecule has 2 rings (SSSR count). The second kappa shape index (κ2) is 6.59. The molecule has 1 aromatic heterocycles. The smallest absolute Gasteiger partial charge is 0.267 e. The Balaban J connectivity index is 2.71. The summed E-state index contributed by atoms with van der Waals surface area (Å²) in [5.41, 5.74) is -0.452. The van der Waals surface area contributed by atoms with E-state index in [2.05, 4.69) is 11.9 Å². The fourth-order valence-corrected chi connectivity index (χ4v) is 2.23. The number of amides is 1. The van der Waals surface area contributed by atoms with Crippen LogP contribution < -0.4 is 10.9 Å². The van der Waals surface area contributed by atoms with Crippen molar-refractivity contribution in [3.05, 3.63) is 52.8 Å². The number of carbonyl (C=O) groups excluding carboxylic acids is 1. The zero-order valence-corrected chi connectivity index (χ0v) is 11.9. The van der Waals surface area contributed by atoms with E-state index in [-0.39, 0.29) is 30.8 Å². The minimum atomic E-state index is -0.668. The molecule has 0 unspecified atom stereocenters. The molecular formula is C16H15N3O3. The highest BCUT2D eigenvalue weighted by molar-refractivity contribution is 6.02. The van der Waals surface area contributed by atoms with Crippen LogP contribution in [0.2, 0.25) is 0 Å². The van der Waals surface area contributed by atoms with Gasteiger partial charge in [-0.25, -0.2) is 0 Å². The van der Waals surface area contributed by atoms with Gasteiger partial charge in [0.05, 0.1) is 18.0 Å². The van der Waals surface area contributed by atoms with E-state index in [0.29, 0.717) is 10.9 Å². The number of aromatic nitrogens is 1. The highest BCUT2D eigenvalue weighted by atomic mass is 16.3. The quantitative estimate of drug-likeness (QED) is 0.818. The number of benzene rings is 1. The molecule has 0 fully saturated rings. The van der Waals surface area contributed by atoms with Crippen LogP contribution >= 0.6 is 0 Å². The fraction of sp³-hybridized carbons (Fsp3) is 0.188. The molecule has 6 nitrogen and oxygen atoms in total. The van der Waals surface area contributed by atoms with Gasteiger partial charge in [-0.1, -0.05) is 18.2 Å². The maximum absolute atomic E-state index is 12.5. The first-order valence-electron chi connectivity index (χ1n) is 6.72. The molecular weight excluding hydrogens is 282 g/mol. The molecule has 0 aliphatic rings. The van der Waals surface area contributed by atoms with E-state index in [0.717, 1.165) is 0 Å². The van der Waals surface area contributed by atoms with Crippen LogP contribution in [0.15, 0.2) is 41.7 Å². The third-order valence-corrected chi connectivity index (χ3v) is 3.23. The Kier molecular flexibility index (Phi) is 4.59. The standard InChI is InChI=1S/C16H15N3O3/c1-2-9-18-15(21)13-14(20)11-6-3-4-7-12(11)19(16(13)22)10-5-8-17/h2-4,6-7,20H,1,5,9-10H2,(H,18,21). The number of nitrogens with zero attached hydrogens (tertiary/aromatic N) is 2. The predicted molar refractivity (Wildman–Crippen MR) is 82.6 cm³/mol. The fourth-order valence-electron chi connectivity index (χ4n) is 2.23. The second-order valence-electron chi connectivity index (χ2n) is 4.60. The number of para-hydroxylation sites is 1. The number of rotatable bonds is 5. The van der Waals surface area contributed by atoms with Gasteiger partial charge in [0.1, 0.15) is 11.3 Å². The maximum Gasteiger partial charge on any atom is 0.267 e. The van der Waals surface area contributed by atoms with Crippen LogP contribution in [-0.4, -0.2) is 22.1 Å². The average molecular weight is 297 g/mol. The highest BCUT2D eigenvalue weighted by Crippen LogP contribution is 2.26. The summed E-state index contributed by atoms with van der Waals surface area (Å²) < 4.78 is 1.33. The van der Waals surface area contributed by atoms with Gasteiger partial charge in [-0.15, -0.1) is 6.58 Å². The summed E-state index contributed by atoms with van der Waals surface area (Å²) >= 11 is 0. The van der Waals surface area contributed by atoms with Crippen molar-refractivity contribution < 1.29 is 9.90 Å². The summed E-state index contributed by atoms with van der Waals surface area (Å²) in [7, 11) is 0. The normalized spacial score (nSPS) is 10.1. The molecule has 0 spiro atoms. The van der Waals surface area contributed by atoms with Crippen molar-refractivity contribution in [3.8, 4) is 11.8 Å². The number of hydrogen-bond acceptors (Lipinski definition) is 4. The van der Waals surface area contributed by atoms with Gasteiger partial charge in [0.15, 0.2) is 0 Å². The SMILES string of the molecule is C=CCNC(=O)c1c(O)c2ccccc2n(CCC#N)c1=O. The van der Waals surface area contributed by atoms with Crippen molar-refractivity contribution in [3.63, 3.8) is 0 Å². The Morgan fingerprint density at radius 3 is 2.86 bits per heavy atom. The van der Waals surface area contributed by atoms with E-state index < -0.39 is 11.5 Å². The van der Waals surface area contributed by atoms with E-state index in [9.17, 15) is 14.7 Å². The number of nitriles is 1. The number of fused-ring (bicyclic) bond motifs is 1. The van der Waals surface area contributed by atoms with E-state index in [1.807, 2.05) is 6.07 Å². The predicted octanol–water partition coefficient (Wildman–Crippen LogP) is 1.54. The first-order chi connectivity index (χ1) is 10.6. The van der Waals surface area contributed by atoms with Gasteiger partial charge in [0.25, 0.3) is 11.5 Å². The molecule has 2 aromatic rings. The van der Waals surface area contributed by atoms with Gasteiger partial charge >= 0.3 is 0 Å². The zero-order valence-electron chi connectivity index (χ0n) is 11.9. The number of carbonyl (C=O) groups is 1. The molecule has 0 atom stereocenters. The molecule has 2 N–H and O–H groups in total. The second-order valence-corrected chi connectivity index (χ2v) is 4.60. The third-order valence-electron chi connectivity index (χ3n) is 3.23. The van der Waals surface area contributed by atoms with E-state index >= 15 is 0 Å². The summed E-state index contributed by atoms with van der Waals surface area (Å²) in [5.74, 6) is -1.02. The molecule has 1 aromatic carbocycles. The summed E-state index contributed by atoms with van der Waals surface area (Å²) in [6, 6.07) is 8.68. The Labute approximate surface area is 126 Å².